The van der Waals surface area contributed by atoms with Crippen LogP contribution in [0, 0.1) is 0 Å². The highest BCUT2D eigenvalue weighted by molar-refractivity contribution is 5.69. The first-order valence-electron chi connectivity index (χ1n) is 11.1. The molecule has 4 heteroatoms. The van der Waals surface area contributed by atoms with Crippen LogP contribution in [0.3, 0.4) is 0 Å². The molecule has 4 nitrogen and oxygen atoms in total. The number of carbonyl (C=O) groups is 1. The molecule has 0 spiro atoms. The van der Waals surface area contributed by atoms with Crippen LogP contribution in [-0.4, -0.2) is 43.7 Å². The maximum absolute atomic E-state index is 11.5. The third kappa shape index (κ3) is 4.64. The largest absolute Gasteiger partial charge is 0.466 e. The number of hydrogen-bond donors (Lipinski definition) is 0. The number of rotatable bonds is 7. The molecule has 0 aromatic heterocycles. The summed E-state index contributed by atoms with van der Waals surface area (Å²) < 4.78 is 5.02. The van der Waals surface area contributed by atoms with Crippen LogP contribution in [0.4, 0.5) is 5.69 Å². The van der Waals surface area contributed by atoms with E-state index in [4.69, 9.17) is 4.74 Å². The van der Waals surface area contributed by atoms with Crippen LogP contribution in [0.15, 0.2) is 48.5 Å². The quantitative estimate of drug-likeness (QED) is 0.510. The highest BCUT2D eigenvalue weighted by Gasteiger charge is 2.32. The van der Waals surface area contributed by atoms with Gasteiger partial charge in [-0.1, -0.05) is 48.9 Å². The lowest BCUT2D eigenvalue weighted by Gasteiger charge is -2.43. The summed E-state index contributed by atoms with van der Waals surface area (Å²) in [5.74, 6) is -0.0603. The summed E-state index contributed by atoms with van der Waals surface area (Å²) in [5.41, 5.74) is 5.79. The summed E-state index contributed by atoms with van der Waals surface area (Å²) in [6, 6.07) is 18.3. The molecule has 0 amide bonds. The molecule has 1 saturated heterocycles. The van der Waals surface area contributed by atoms with Crippen LogP contribution < -0.4 is 4.90 Å². The molecule has 2 aromatic carbocycles. The van der Waals surface area contributed by atoms with Crippen LogP contribution in [0.25, 0.3) is 0 Å². The molecule has 4 rings (SSSR count). The fraction of sp³-hybridized carbons (Fsp3) is 0.480. The number of anilines is 1. The number of hydrogen-bond acceptors (Lipinski definition) is 4. The van der Waals surface area contributed by atoms with E-state index in [2.05, 4.69) is 58.3 Å². The van der Waals surface area contributed by atoms with Crippen LogP contribution in [0.5, 0.6) is 0 Å². The summed E-state index contributed by atoms with van der Waals surface area (Å²) in [5, 5.41) is 0. The topological polar surface area (TPSA) is 32.8 Å². The fourth-order valence-electron chi connectivity index (χ4n) is 4.78. The number of carbonyl (C=O) groups excluding carboxylic acids is 1. The molecule has 0 aliphatic carbocycles. The van der Waals surface area contributed by atoms with Crippen molar-refractivity contribution in [2.75, 3.05) is 37.7 Å². The SMILES string of the molecule is CCOC(=O)CCCCCN1CCN2c3ccccc3Cc3ccccc3C2C1. The molecule has 0 N–H and O–H groups in total. The van der Waals surface area contributed by atoms with Gasteiger partial charge in [-0.15, -0.1) is 0 Å². The van der Waals surface area contributed by atoms with Gasteiger partial charge in [-0.3, -0.25) is 9.69 Å². The second-order valence-corrected chi connectivity index (χ2v) is 8.13. The van der Waals surface area contributed by atoms with Gasteiger partial charge in [0.05, 0.1) is 12.6 Å². The Morgan fingerprint density at radius 3 is 2.66 bits per heavy atom. The van der Waals surface area contributed by atoms with E-state index in [-0.39, 0.29) is 5.97 Å². The summed E-state index contributed by atoms with van der Waals surface area (Å²) in [7, 11) is 0. The number of benzene rings is 2. The van der Waals surface area contributed by atoms with E-state index in [9.17, 15) is 4.79 Å². The standard InChI is InChI=1S/C25H32N2O2/c1-2-29-25(28)14-4-3-9-15-26-16-17-27-23-13-8-6-11-21(23)18-20-10-5-7-12-22(20)24(27)19-26/h5-8,10-13,24H,2-4,9,14-19H2,1H3. The third-order valence-corrected chi connectivity index (χ3v) is 6.22. The maximum Gasteiger partial charge on any atom is 0.305 e. The lowest BCUT2D eigenvalue weighted by Crippen LogP contribution is -2.48. The highest BCUT2D eigenvalue weighted by Crippen LogP contribution is 2.39. The van der Waals surface area contributed by atoms with Crippen LogP contribution in [0.2, 0.25) is 0 Å². The first-order valence-corrected chi connectivity index (χ1v) is 11.1. The summed E-state index contributed by atoms with van der Waals surface area (Å²) in [6.07, 6.45) is 4.73. The Balaban J connectivity index is 1.40. The van der Waals surface area contributed by atoms with Gasteiger partial charge < -0.3 is 9.64 Å². The predicted octanol–water partition coefficient (Wildman–Crippen LogP) is 4.58. The first kappa shape index (κ1) is 20.0. The molecule has 2 aliphatic rings. The van der Waals surface area contributed by atoms with Crippen molar-refractivity contribution in [1.29, 1.82) is 0 Å². The molecule has 2 aromatic rings. The molecule has 0 bridgehead atoms. The molecule has 1 unspecified atom stereocenters. The molecule has 2 heterocycles. The second-order valence-electron chi connectivity index (χ2n) is 8.13. The van der Waals surface area contributed by atoms with Gasteiger partial charge in [0.2, 0.25) is 0 Å². The smallest absolute Gasteiger partial charge is 0.305 e. The number of nitrogens with zero attached hydrogens (tertiary/aromatic N) is 2. The Morgan fingerprint density at radius 2 is 1.79 bits per heavy atom. The zero-order valence-corrected chi connectivity index (χ0v) is 17.5. The minimum Gasteiger partial charge on any atom is -0.466 e. The van der Waals surface area contributed by atoms with Crippen molar-refractivity contribution < 1.29 is 9.53 Å². The fourth-order valence-corrected chi connectivity index (χ4v) is 4.78. The summed E-state index contributed by atoms with van der Waals surface area (Å²) >= 11 is 0. The van der Waals surface area contributed by atoms with E-state index >= 15 is 0 Å². The minimum atomic E-state index is -0.0603. The van der Waals surface area contributed by atoms with Crippen molar-refractivity contribution in [3.63, 3.8) is 0 Å². The molecule has 2 aliphatic heterocycles. The number of ether oxygens (including phenoxy) is 1. The lowest BCUT2D eigenvalue weighted by molar-refractivity contribution is -0.143. The molecule has 154 valence electrons. The summed E-state index contributed by atoms with van der Waals surface area (Å²) in [6.45, 7) is 6.70. The molecule has 0 radical (unpaired) electrons. The molecule has 1 fully saturated rings. The predicted molar refractivity (Wildman–Crippen MR) is 117 cm³/mol. The van der Waals surface area contributed by atoms with Crippen molar-refractivity contribution in [3.05, 3.63) is 65.2 Å². The average Bonchev–Trinajstić information content (AvgIpc) is 2.88. The molecular weight excluding hydrogens is 360 g/mol. The Bertz CT molecular complexity index is 835. The van der Waals surface area contributed by atoms with E-state index in [1.165, 1.54) is 22.4 Å². The average molecular weight is 393 g/mol. The van der Waals surface area contributed by atoms with Gasteiger partial charge in [0.15, 0.2) is 0 Å². The van der Waals surface area contributed by atoms with E-state index in [1.807, 2.05) is 6.92 Å². The van der Waals surface area contributed by atoms with Crippen molar-refractivity contribution >= 4 is 11.7 Å². The van der Waals surface area contributed by atoms with Gasteiger partial charge in [-0.05, 0) is 55.5 Å². The molecule has 29 heavy (non-hydrogen) atoms. The number of fused-ring (bicyclic) bond motifs is 5. The Hall–Kier alpha value is -2.33. The van der Waals surface area contributed by atoms with E-state index in [0.717, 1.165) is 51.9 Å². The monoisotopic (exact) mass is 392 g/mol. The number of para-hydroxylation sites is 1. The van der Waals surface area contributed by atoms with E-state index in [0.29, 0.717) is 19.1 Å². The minimum absolute atomic E-state index is 0.0603. The second kappa shape index (κ2) is 9.45. The molecule has 1 atom stereocenters. The van der Waals surface area contributed by atoms with Crippen LogP contribution >= 0.6 is 0 Å². The normalized spacial score (nSPS) is 18.4. The van der Waals surface area contributed by atoms with Crippen molar-refractivity contribution in [2.45, 2.75) is 45.1 Å². The first-order chi connectivity index (χ1) is 14.3. The van der Waals surface area contributed by atoms with E-state index < -0.39 is 0 Å². The maximum atomic E-state index is 11.5. The zero-order chi connectivity index (χ0) is 20.1. The van der Waals surface area contributed by atoms with Crippen molar-refractivity contribution in [3.8, 4) is 0 Å². The highest BCUT2D eigenvalue weighted by atomic mass is 16.5. The van der Waals surface area contributed by atoms with Crippen LogP contribution in [0.1, 0.15) is 55.3 Å². The van der Waals surface area contributed by atoms with Gasteiger partial charge >= 0.3 is 5.97 Å². The van der Waals surface area contributed by atoms with E-state index in [1.54, 1.807) is 0 Å². The Morgan fingerprint density at radius 1 is 1.00 bits per heavy atom. The van der Waals surface area contributed by atoms with Gasteiger partial charge in [-0.25, -0.2) is 0 Å². The third-order valence-electron chi connectivity index (χ3n) is 6.22. The summed E-state index contributed by atoms with van der Waals surface area (Å²) in [4.78, 5) is 16.7. The van der Waals surface area contributed by atoms with Gasteiger partial charge in [0.25, 0.3) is 0 Å². The molecule has 0 saturated carbocycles. The van der Waals surface area contributed by atoms with Gasteiger partial charge in [0, 0.05) is 31.7 Å². The van der Waals surface area contributed by atoms with Gasteiger partial charge in [0.1, 0.15) is 0 Å². The van der Waals surface area contributed by atoms with Crippen LogP contribution in [-0.2, 0) is 16.0 Å². The number of esters is 1. The van der Waals surface area contributed by atoms with Gasteiger partial charge in [-0.2, -0.15) is 0 Å². The number of unbranched alkanes of at least 4 members (excludes halogenated alkanes) is 2. The Labute approximate surface area is 174 Å². The Kier molecular flexibility index (Phi) is 6.50. The van der Waals surface area contributed by atoms with Crippen molar-refractivity contribution in [2.24, 2.45) is 0 Å². The zero-order valence-electron chi connectivity index (χ0n) is 17.5. The lowest BCUT2D eigenvalue weighted by atomic mass is 9.96. The molecular formula is C25H32N2O2. The van der Waals surface area contributed by atoms with Crippen molar-refractivity contribution in [1.82, 2.24) is 4.90 Å². The number of piperazine rings is 1.